The standard InChI is InChI=1S/C14H25N3/c1-2-5-16-6-4-14(13(16)3-1)17-9-11-7-15-8-12(11)10-17/h11-15H,1-10H2/t11-,12+,13?,14?. The zero-order chi connectivity index (χ0) is 11.2. The maximum absolute atomic E-state index is 3.55. The fourth-order valence-corrected chi connectivity index (χ4v) is 4.81. The first-order valence-electron chi connectivity index (χ1n) is 7.60. The summed E-state index contributed by atoms with van der Waals surface area (Å²) in [5.41, 5.74) is 0. The fraction of sp³-hybridized carbons (Fsp3) is 1.00. The molecule has 17 heavy (non-hydrogen) atoms. The van der Waals surface area contributed by atoms with E-state index in [1.165, 1.54) is 65.0 Å². The first-order chi connectivity index (χ1) is 8.42. The summed E-state index contributed by atoms with van der Waals surface area (Å²) in [4.78, 5) is 5.63. The lowest BCUT2D eigenvalue weighted by molar-refractivity contribution is 0.125. The predicted octanol–water partition coefficient (Wildman–Crippen LogP) is 0.764. The zero-order valence-electron chi connectivity index (χ0n) is 10.8. The van der Waals surface area contributed by atoms with Crippen molar-refractivity contribution in [1.29, 1.82) is 0 Å². The van der Waals surface area contributed by atoms with Crippen molar-refractivity contribution < 1.29 is 0 Å². The number of fused-ring (bicyclic) bond motifs is 2. The molecular formula is C14H25N3. The first-order valence-corrected chi connectivity index (χ1v) is 7.60. The molecule has 4 rings (SSSR count). The van der Waals surface area contributed by atoms with Crippen LogP contribution in [0.2, 0.25) is 0 Å². The van der Waals surface area contributed by atoms with E-state index in [1.807, 2.05) is 0 Å². The quantitative estimate of drug-likeness (QED) is 0.724. The van der Waals surface area contributed by atoms with Gasteiger partial charge in [0.1, 0.15) is 0 Å². The van der Waals surface area contributed by atoms with Gasteiger partial charge in [-0.2, -0.15) is 0 Å². The van der Waals surface area contributed by atoms with Crippen LogP contribution in [-0.2, 0) is 0 Å². The number of likely N-dealkylation sites (tertiary alicyclic amines) is 1. The van der Waals surface area contributed by atoms with Crippen LogP contribution < -0.4 is 5.32 Å². The van der Waals surface area contributed by atoms with E-state index in [0.717, 1.165) is 23.9 Å². The number of piperidine rings is 1. The van der Waals surface area contributed by atoms with E-state index < -0.39 is 0 Å². The average molecular weight is 235 g/mol. The molecule has 0 aromatic heterocycles. The zero-order valence-corrected chi connectivity index (χ0v) is 10.8. The maximum atomic E-state index is 3.55. The van der Waals surface area contributed by atoms with Gasteiger partial charge in [0, 0.05) is 31.7 Å². The molecule has 0 aromatic rings. The van der Waals surface area contributed by atoms with Crippen molar-refractivity contribution in [3.63, 3.8) is 0 Å². The van der Waals surface area contributed by atoms with E-state index in [1.54, 1.807) is 0 Å². The molecule has 4 heterocycles. The summed E-state index contributed by atoms with van der Waals surface area (Å²) in [7, 11) is 0. The van der Waals surface area contributed by atoms with E-state index in [9.17, 15) is 0 Å². The Morgan fingerprint density at radius 2 is 1.53 bits per heavy atom. The summed E-state index contributed by atoms with van der Waals surface area (Å²) in [6, 6.07) is 1.82. The van der Waals surface area contributed by atoms with Crippen LogP contribution in [0.1, 0.15) is 25.7 Å². The molecule has 3 heteroatoms. The summed E-state index contributed by atoms with van der Waals surface area (Å²) in [6.07, 6.45) is 5.82. The van der Waals surface area contributed by atoms with Gasteiger partial charge in [-0.15, -0.1) is 0 Å². The SMILES string of the molecule is C1CCN2CCC(N3C[C@H]4CNC[C@H]4C3)C2C1. The predicted molar refractivity (Wildman–Crippen MR) is 69.0 cm³/mol. The minimum Gasteiger partial charge on any atom is -0.316 e. The van der Waals surface area contributed by atoms with Gasteiger partial charge in [0.2, 0.25) is 0 Å². The number of rotatable bonds is 1. The van der Waals surface area contributed by atoms with Gasteiger partial charge in [0.25, 0.3) is 0 Å². The molecule has 4 fully saturated rings. The van der Waals surface area contributed by atoms with E-state index in [-0.39, 0.29) is 0 Å². The minimum absolute atomic E-state index is 0.904. The second-order valence-corrected chi connectivity index (χ2v) is 6.59. The summed E-state index contributed by atoms with van der Waals surface area (Å²) in [5, 5.41) is 3.55. The highest BCUT2D eigenvalue weighted by atomic mass is 15.3. The third kappa shape index (κ3) is 1.74. The summed E-state index contributed by atoms with van der Waals surface area (Å²) < 4.78 is 0. The molecule has 4 aliphatic rings. The van der Waals surface area contributed by atoms with Crippen LogP contribution >= 0.6 is 0 Å². The van der Waals surface area contributed by atoms with Gasteiger partial charge in [-0.1, -0.05) is 6.42 Å². The van der Waals surface area contributed by atoms with Crippen LogP contribution in [0.25, 0.3) is 0 Å². The molecule has 2 unspecified atom stereocenters. The largest absolute Gasteiger partial charge is 0.316 e. The monoisotopic (exact) mass is 235 g/mol. The van der Waals surface area contributed by atoms with Crippen molar-refractivity contribution in [2.75, 3.05) is 39.3 Å². The van der Waals surface area contributed by atoms with Gasteiger partial charge in [-0.05, 0) is 50.7 Å². The molecule has 0 saturated carbocycles. The fourth-order valence-electron chi connectivity index (χ4n) is 4.81. The van der Waals surface area contributed by atoms with Crippen LogP contribution in [0, 0.1) is 11.8 Å². The molecule has 0 radical (unpaired) electrons. The molecule has 4 aliphatic heterocycles. The van der Waals surface area contributed by atoms with Crippen molar-refractivity contribution >= 4 is 0 Å². The van der Waals surface area contributed by atoms with Gasteiger partial charge in [-0.3, -0.25) is 9.80 Å². The molecule has 0 amide bonds. The molecule has 0 aliphatic carbocycles. The van der Waals surface area contributed by atoms with Crippen molar-refractivity contribution in [3.05, 3.63) is 0 Å². The molecule has 0 aromatic carbocycles. The lowest BCUT2D eigenvalue weighted by Crippen LogP contribution is -2.46. The highest BCUT2D eigenvalue weighted by Crippen LogP contribution is 2.35. The molecular weight excluding hydrogens is 210 g/mol. The van der Waals surface area contributed by atoms with Crippen molar-refractivity contribution in [2.24, 2.45) is 11.8 Å². The van der Waals surface area contributed by atoms with Crippen molar-refractivity contribution in [1.82, 2.24) is 15.1 Å². The number of nitrogens with one attached hydrogen (secondary N) is 1. The Bertz CT molecular complexity index is 281. The third-order valence-electron chi connectivity index (χ3n) is 5.71. The second kappa shape index (κ2) is 4.22. The van der Waals surface area contributed by atoms with E-state index in [2.05, 4.69) is 15.1 Å². The highest BCUT2D eigenvalue weighted by Gasteiger charge is 2.44. The van der Waals surface area contributed by atoms with Crippen LogP contribution in [0.3, 0.4) is 0 Å². The van der Waals surface area contributed by atoms with E-state index in [0.29, 0.717) is 0 Å². The van der Waals surface area contributed by atoms with E-state index >= 15 is 0 Å². The Morgan fingerprint density at radius 3 is 2.35 bits per heavy atom. The Labute approximate surface area is 105 Å². The van der Waals surface area contributed by atoms with Crippen LogP contribution in [0.15, 0.2) is 0 Å². The normalized spacial score (nSPS) is 47.3. The Balaban J connectivity index is 1.45. The number of hydrogen-bond donors (Lipinski definition) is 1. The molecule has 4 atom stereocenters. The van der Waals surface area contributed by atoms with Crippen LogP contribution in [0.5, 0.6) is 0 Å². The topological polar surface area (TPSA) is 18.5 Å². The van der Waals surface area contributed by atoms with Gasteiger partial charge < -0.3 is 5.32 Å². The molecule has 4 saturated heterocycles. The van der Waals surface area contributed by atoms with E-state index in [4.69, 9.17) is 0 Å². The molecule has 1 N–H and O–H groups in total. The molecule has 0 bridgehead atoms. The minimum atomic E-state index is 0.904. The maximum Gasteiger partial charge on any atom is 0.0264 e. The van der Waals surface area contributed by atoms with Crippen LogP contribution in [0.4, 0.5) is 0 Å². The van der Waals surface area contributed by atoms with Gasteiger partial charge >= 0.3 is 0 Å². The first kappa shape index (κ1) is 10.8. The molecule has 96 valence electrons. The molecule has 3 nitrogen and oxygen atoms in total. The second-order valence-electron chi connectivity index (χ2n) is 6.59. The number of hydrogen-bond acceptors (Lipinski definition) is 3. The molecule has 0 spiro atoms. The van der Waals surface area contributed by atoms with Crippen LogP contribution in [-0.4, -0.2) is 61.2 Å². The lowest BCUT2D eigenvalue weighted by atomic mass is 9.98. The smallest absolute Gasteiger partial charge is 0.0264 e. The Kier molecular flexibility index (Phi) is 2.67. The third-order valence-corrected chi connectivity index (χ3v) is 5.71. The number of nitrogens with zero attached hydrogens (tertiary/aromatic N) is 2. The van der Waals surface area contributed by atoms with Gasteiger partial charge in [0.15, 0.2) is 0 Å². The summed E-state index contributed by atoms with van der Waals surface area (Å²) in [6.45, 7) is 8.08. The summed E-state index contributed by atoms with van der Waals surface area (Å²) in [5.74, 6) is 1.93. The average Bonchev–Trinajstić information content (AvgIpc) is 3.01. The highest BCUT2D eigenvalue weighted by molar-refractivity contribution is 5.00. The van der Waals surface area contributed by atoms with Gasteiger partial charge in [-0.25, -0.2) is 0 Å². The Morgan fingerprint density at radius 1 is 0.765 bits per heavy atom. The van der Waals surface area contributed by atoms with Crippen molar-refractivity contribution in [3.8, 4) is 0 Å². The van der Waals surface area contributed by atoms with Gasteiger partial charge in [0.05, 0.1) is 0 Å². The lowest BCUT2D eigenvalue weighted by Gasteiger charge is -2.36. The Hall–Kier alpha value is -0.120. The van der Waals surface area contributed by atoms with Crippen molar-refractivity contribution in [2.45, 2.75) is 37.8 Å². The summed E-state index contributed by atoms with van der Waals surface area (Å²) >= 11 is 0.